The molecule has 20 heavy (non-hydrogen) atoms. The highest BCUT2D eigenvalue weighted by atomic mass is 16.1. The van der Waals surface area contributed by atoms with Crippen LogP contribution in [0.25, 0.3) is 0 Å². The summed E-state index contributed by atoms with van der Waals surface area (Å²) in [7, 11) is 0. The van der Waals surface area contributed by atoms with E-state index in [9.17, 15) is 4.79 Å². The van der Waals surface area contributed by atoms with Gasteiger partial charge in [0.25, 0.3) is 0 Å². The predicted octanol–water partition coefficient (Wildman–Crippen LogP) is 3.50. The van der Waals surface area contributed by atoms with Crippen LogP contribution in [0.5, 0.6) is 0 Å². The average Bonchev–Trinajstić information content (AvgIpc) is 2.79. The molecule has 0 radical (unpaired) electrons. The minimum atomic E-state index is 0.479. The van der Waals surface area contributed by atoms with Gasteiger partial charge in [-0.3, -0.25) is 4.79 Å². The van der Waals surface area contributed by atoms with E-state index in [1.807, 2.05) is 6.07 Å². The Bertz CT molecular complexity index is 430. The van der Waals surface area contributed by atoms with Crippen molar-refractivity contribution in [3.63, 3.8) is 0 Å². The fourth-order valence-corrected chi connectivity index (χ4v) is 3.90. The summed E-state index contributed by atoms with van der Waals surface area (Å²) in [4.78, 5) is 12.1. The van der Waals surface area contributed by atoms with Crippen molar-refractivity contribution in [1.82, 2.24) is 5.32 Å². The number of benzene rings is 1. The van der Waals surface area contributed by atoms with Crippen LogP contribution in [0.1, 0.15) is 50.5 Å². The van der Waals surface area contributed by atoms with E-state index in [1.165, 1.54) is 31.2 Å². The van der Waals surface area contributed by atoms with Gasteiger partial charge in [-0.15, -0.1) is 0 Å². The smallest absolute Gasteiger partial charge is 0.133 e. The van der Waals surface area contributed by atoms with Gasteiger partial charge in [0, 0.05) is 24.9 Å². The number of carbonyl (C=O) groups is 1. The second-order valence-electron chi connectivity index (χ2n) is 6.56. The molecule has 2 saturated heterocycles. The Labute approximate surface area is 122 Å². The Kier molecular flexibility index (Phi) is 4.51. The normalized spacial score (nSPS) is 28.5. The van der Waals surface area contributed by atoms with Gasteiger partial charge in [-0.2, -0.15) is 0 Å². The number of fused-ring (bicyclic) bond motifs is 2. The van der Waals surface area contributed by atoms with E-state index in [0.717, 1.165) is 25.7 Å². The molecule has 0 spiro atoms. The molecule has 2 atom stereocenters. The molecule has 0 aliphatic carbocycles. The first-order valence-electron chi connectivity index (χ1n) is 8.11. The molecule has 2 aliphatic heterocycles. The van der Waals surface area contributed by atoms with E-state index in [1.54, 1.807) is 0 Å². The van der Waals surface area contributed by atoms with E-state index >= 15 is 0 Å². The number of piperidine rings is 1. The summed E-state index contributed by atoms with van der Waals surface area (Å²) >= 11 is 0. The van der Waals surface area contributed by atoms with Gasteiger partial charge in [0.05, 0.1) is 0 Å². The third-order valence-electron chi connectivity index (χ3n) is 4.85. The van der Waals surface area contributed by atoms with E-state index in [-0.39, 0.29) is 0 Å². The number of Topliss-reactive ketones (excluding diaryl/α,β-unsaturated/α-hetero) is 1. The first-order valence-corrected chi connectivity index (χ1v) is 8.11. The molecule has 3 rings (SSSR count). The first-order chi connectivity index (χ1) is 9.79. The van der Waals surface area contributed by atoms with Crippen LogP contribution in [0.15, 0.2) is 30.3 Å². The van der Waals surface area contributed by atoms with Gasteiger partial charge in [-0.1, -0.05) is 30.3 Å². The minimum absolute atomic E-state index is 0.479. The lowest BCUT2D eigenvalue weighted by Crippen LogP contribution is -2.38. The van der Waals surface area contributed by atoms with Crippen molar-refractivity contribution in [1.29, 1.82) is 0 Å². The van der Waals surface area contributed by atoms with Gasteiger partial charge >= 0.3 is 0 Å². The van der Waals surface area contributed by atoms with Crippen molar-refractivity contribution < 1.29 is 4.79 Å². The third kappa shape index (κ3) is 3.69. The Morgan fingerprint density at radius 3 is 2.50 bits per heavy atom. The molecule has 0 aromatic heterocycles. The molecular weight excluding hydrogens is 246 g/mol. The van der Waals surface area contributed by atoms with E-state index in [2.05, 4.69) is 29.6 Å². The average molecular weight is 271 g/mol. The standard InChI is InChI=1S/C18H25NO/c20-18(8-4-7-14-5-2-1-3-6-14)13-15-11-16-9-10-17(12-15)19-16/h1-3,5-6,15-17,19H,4,7-13H2. The number of hydrogen-bond donors (Lipinski definition) is 1. The lowest BCUT2D eigenvalue weighted by atomic mass is 9.87. The molecule has 2 fully saturated rings. The monoisotopic (exact) mass is 271 g/mol. The van der Waals surface area contributed by atoms with Gasteiger partial charge in [0.15, 0.2) is 0 Å². The summed E-state index contributed by atoms with van der Waals surface area (Å²) in [6.07, 6.45) is 8.71. The maximum atomic E-state index is 12.1. The summed E-state index contributed by atoms with van der Waals surface area (Å²) in [5.74, 6) is 1.13. The van der Waals surface area contributed by atoms with Crippen molar-refractivity contribution >= 4 is 5.78 Å². The molecule has 2 heterocycles. The lowest BCUT2D eigenvalue weighted by molar-refractivity contribution is -0.120. The molecule has 0 amide bonds. The van der Waals surface area contributed by atoms with Gasteiger partial charge in [-0.25, -0.2) is 0 Å². The zero-order valence-electron chi connectivity index (χ0n) is 12.2. The lowest BCUT2D eigenvalue weighted by Gasteiger charge is -2.28. The zero-order valence-corrected chi connectivity index (χ0v) is 12.2. The van der Waals surface area contributed by atoms with Gasteiger partial charge in [0.1, 0.15) is 5.78 Å². The molecule has 0 saturated carbocycles. The van der Waals surface area contributed by atoms with E-state index in [4.69, 9.17) is 0 Å². The Balaban J connectivity index is 1.37. The van der Waals surface area contributed by atoms with Gasteiger partial charge in [0.2, 0.25) is 0 Å². The highest BCUT2D eigenvalue weighted by Crippen LogP contribution is 2.33. The molecule has 1 aromatic carbocycles. The highest BCUT2D eigenvalue weighted by molar-refractivity contribution is 5.78. The van der Waals surface area contributed by atoms with Crippen LogP contribution in [-0.4, -0.2) is 17.9 Å². The third-order valence-corrected chi connectivity index (χ3v) is 4.85. The number of hydrogen-bond acceptors (Lipinski definition) is 2. The van der Waals surface area contributed by atoms with Crippen LogP contribution in [0, 0.1) is 5.92 Å². The molecule has 2 unspecified atom stereocenters. The van der Waals surface area contributed by atoms with Crippen molar-refractivity contribution in [3.05, 3.63) is 35.9 Å². The van der Waals surface area contributed by atoms with Crippen molar-refractivity contribution in [2.24, 2.45) is 5.92 Å². The molecule has 108 valence electrons. The maximum Gasteiger partial charge on any atom is 0.133 e. The second-order valence-corrected chi connectivity index (χ2v) is 6.56. The number of nitrogens with one attached hydrogen (secondary N) is 1. The molecular formula is C18H25NO. The molecule has 2 bridgehead atoms. The van der Waals surface area contributed by atoms with Crippen LogP contribution in [0.3, 0.4) is 0 Å². The predicted molar refractivity (Wildman–Crippen MR) is 81.7 cm³/mol. The summed E-state index contributed by atoms with van der Waals surface area (Å²) in [6, 6.07) is 11.9. The van der Waals surface area contributed by atoms with Crippen LogP contribution < -0.4 is 5.32 Å². The van der Waals surface area contributed by atoms with Crippen LogP contribution in [-0.2, 0) is 11.2 Å². The SMILES string of the molecule is O=C(CCCc1ccccc1)CC1CC2CCC(C1)N2. The number of aryl methyl sites for hydroxylation is 1. The van der Waals surface area contributed by atoms with Gasteiger partial charge < -0.3 is 5.32 Å². The Hall–Kier alpha value is -1.15. The zero-order chi connectivity index (χ0) is 13.8. The molecule has 1 aromatic rings. The summed E-state index contributed by atoms with van der Waals surface area (Å²) < 4.78 is 0. The van der Waals surface area contributed by atoms with Crippen LogP contribution >= 0.6 is 0 Å². The van der Waals surface area contributed by atoms with Gasteiger partial charge in [-0.05, 0) is 50.0 Å². The number of rotatable bonds is 6. The highest BCUT2D eigenvalue weighted by Gasteiger charge is 2.33. The van der Waals surface area contributed by atoms with Crippen LogP contribution in [0.4, 0.5) is 0 Å². The maximum absolute atomic E-state index is 12.1. The molecule has 2 nitrogen and oxygen atoms in total. The number of carbonyl (C=O) groups excluding carboxylic acids is 1. The fourth-order valence-electron chi connectivity index (χ4n) is 3.90. The Morgan fingerprint density at radius 1 is 1.10 bits per heavy atom. The first kappa shape index (κ1) is 13.8. The largest absolute Gasteiger partial charge is 0.311 e. The van der Waals surface area contributed by atoms with Crippen molar-refractivity contribution in [2.75, 3.05) is 0 Å². The quantitative estimate of drug-likeness (QED) is 0.858. The fraction of sp³-hybridized carbons (Fsp3) is 0.611. The topological polar surface area (TPSA) is 29.1 Å². The molecule has 2 heteroatoms. The van der Waals surface area contributed by atoms with Crippen molar-refractivity contribution in [3.8, 4) is 0 Å². The van der Waals surface area contributed by atoms with E-state index < -0.39 is 0 Å². The Morgan fingerprint density at radius 2 is 1.80 bits per heavy atom. The summed E-state index contributed by atoms with van der Waals surface area (Å²) in [6.45, 7) is 0. The number of ketones is 1. The minimum Gasteiger partial charge on any atom is -0.311 e. The van der Waals surface area contributed by atoms with Crippen molar-refractivity contribution in [2.45, 2.75) is 63.5 Å². The van der Waals surface area contributed by atoms with Crippen LogP contribution in [0.2, 0.25) is 0 Å². The second kappa shape index (κ2) is 6.53. The summed E-state index contributed by atoms with van der Waals surface area (Å²) in [5, 5.41) is 3.65. The molecule has 1 N–H and O–H groups in total. The van der Waals surface area contributed by atoms with E-state index in [0.29, 0.717) is 23.8 Å². The summed E-state index contributed by atoms with van der Waals surface area (Å²) in [5.41, 5.74) is 1.35. The molecule has 2 aliphatic rings.